The second kappa shape index (κ2) is 18.5. The largest absolute Gasteiger partial charge is 0.493 e. The van der Waals surface area contributed by atoms with Gasteiger partial charge in [0.25, 0.3) is 17.7 Å². The van der Waals surface area contributed by atoms with E-state index in [0.29, 0.717) is 92.1 Å². The van der Waals surface area contributed by atoms with E-state index >= 15 is 8.78 Å². The molecule has 1 N–H and O–H groups in total. The number of piperidine rings is 2. The van der Waals surface area contributed by atoms with Crippen LogP contribution in [0, 0.1) is 11.8 Å². The number of ether oxygens (including phenoxy) is 3. The first kappa shape index (κ1) is 46.5. The number of benzene rings is 4. The number of anilines is 2. The van der Waals surface area contributed by atoms with Gasteiger partial charge in [-0.15, -0.1) is 0 Å². The van der Waals surface area contributed by atoms with Crippen LogP contribution < -0.4 is 29.3 Å². The SMILES string of the molecule is CCOc1cc([C@@H](CS(C)(=O)=O)N2C(=O)c3cccc(N4CCC([C@H]5CCN(Cc6ccc(Oc7ccc8c(N9CCC(=O)NC9=O)nn(C)c8c7)cc6)CC5(F)F)CC4)c3C2=O)ccc1OC. The molecule has 0 radical (unpaired) electrons. The first-order chi connectivity index (χ1) is 32.5. The maximum atomic E-state index is 16.1. The smallest absolute Gasteiger partial charge is 0.329 e. The zero-order chi connectivity index (χ0) is 48.1. The molecular formula is C49H53F2N7O9S. The van der Waals surface area contributed by atoms with Gasteiger partial charge in [-0.05, 0) is 98.3 Å². The molecular weight excluding hydrogens is 901 g/mol. The molecule has 0 saturated carbocycles. The second-order valence-corrected chi connectivity index (χ2v) is 20.1. The number of carbonyl (C=O) groups excluding carboxylic acids is 4. The Hall–Kier alpha value is -6.60. The highest BCUT2D eigenvalue weighted by Gasteiger charge is 2.49. The molecule has 5 aromatic rings. The highest BCUT2D eigenvalue weighted by molar-refractivity contribution is 7.90. The van der Waals surface area contributed by atoms with Gasteiger partial charge in [-0.1, -0.05) is 24.3 Å². The van der Waals surface area contributed by atoms with Crippen LogP contribution in [0.5, 0.6) is 23.0 Å². The van der Waals surface area contributed by atoms with Crippen LogP contribution in [0.4, 0.5) is 25.1 Å². The fourth-order valence-electron chi connectivity index (χ4n) is 10.2. The molecule has 5 heterocycles. The molecule has 0 spiro atoms. The molecule has 2 atom stereocenters. The maximum Gasteiger partial charge on any atom is 0.329 e. The van der Waals surface area contributed by atoms with Crippen LogP contribution in [0.25, 0.3) is 10.9 Å². The van der Waals surface area contributed by atoms with Crippen molar-refractivity contribution in [3.05, 3.63) is 101 Å². The number of fused-ring (bicyclic) bond motifs is 2. The molecule has 4 aromatic carbocycles. The van der Waals surface area contributed by atoms with E-state index in [1.807, 2.05) is 29.2 Å². The van der Waals surface area contributed by atoms with Crippen LogP contribution >= 0.6 is 0 Å². The topological polar surface area (TPSA) is 173 Å². The lowest BCUT2D eigenvalue weighted by molar-refractivity contribution is -0.133. The Morgan fingerprint density at radius 3 is 2.32 bits per heavy atom. The van der Waals surface area contributed by atoms with Crippen molar-refractivity contribution in [2.75, 3.05) is 68.2 Å². The summed E-state index contributed by atoms with van der Waals surface area (Å²) in [4.78, 5) is 58.8. The van der Waals surface area contributed by atoms with Crippen molar-refractivity contribution >= 4 is 56.0 Å². The number of likely N-dealkylation sites (tertiary alicyclic amines) is 1. The number of hydrogen-bond acceptors (Lipinski definition) is 12. The summed E-state index contributed by atoms with van der Waals surface area (Å²) in [6, 6.07) is 20.9. The van der Waals surface area contributed by atoms with Gasteiger partial charge in [-0.2, -0.15) is 5.10 Å². The molecule has 0 bridgehead atoms. The van der Waals surface area contributed by atoms with Gasteiger partial charge >= 0.3 is 6.03 Å². The van der Waals surface area contributed by atoms with Crippen molar-refractivity contribution in [2.45, 2.75) is 51.1 Å². The van der Waals surface area contributed by atoms with Crippen LogP contribution in [0.2, 0.25) is 0 Å². The molecule has 4 aliphatic heterocycles. The minimum atomic E-state index is -3.70. The predicted molar refractivity (Wildman–Crippen MR) is 250 cm³/mol. The van der Waals surface area contributed by atoms with Crippen LogP contribution in [-0.4, -0.2) is 116 Å². The van der Waals surface area contributed by atoms with E-state index in [2.05, 4.69) is 10.4 Å². The quantitative estimate of drug-likeness (QED) is 0.114. The molecule has 5 amide bonds. The summed E-state index contributed by atoms with van der Waals surface area (Å²) in [7, 11) is -0.455. The Morgan fingerprint density at radius 1 is 0.882 bits per heavy atom. The van der Waals surface area contributed by atoms with Crippen molar-refractivity contribution in [2.24, 2.45) is 18.9 Å². The van der Waals surface area contributed by atoms with E-state index in [9.17, 15) is 27.6 Å². The third-order valence-electron chi connectivity index (χ3n) is 13.4. The number of amides is 5. The third kappa shape index (κ3) is 9.20. The zero-order valence-electron chi connectivity index (χ0n) is 38.2. The van der Waals surface area contributed by atoms with Crippen LogP contribution in [0.3, 0.4) is 0 Å². The van der Waals surface area contributed by atoms with Crippen molar-refractivity contribution in [1.29, 1.82) is 0 Å². The molecule has 19 heteroatoms. The van der Waals surface area contributed by atoms with Crippen LogP contribution in [0.1, 0.15) is 70.5 Å². The number of methoxy groups -OCH3 is 1. The average molecular weight is 954 g/mol. The van der Waals surface area contributed by atoms with E-state index in [0.717, 1.165) is 27.6 Å². The Morgan fingerprint density at radius 2 is 1.63 bits per heavy atom. The molecule has 1 aromatic heterocycles. The molecule has 9 rings (SSSR count). The number of nitrogens with one attached hydrogen (secondary N) is 1. The number of imide groups is 2. The first-order valence-corrected chi connectivity index (χ1v) is 24.8. The number of aryl methyl sites for hydroxylation is 1. The Kier molecular flexibility index (Phi) is 12.6. The third-order valence-corrected chi connectivity index (χ3v) is 14.4. The Labute approximate surface area is 392 Å². The molecule has 4 aliphatic rings. The van der Waals surface area contributed by atoms with Crippen molar-refractivity contribution in [3.8, 4) is 23.0 Å². The monoisotopic (exact) mass is 953 g/mol. The van der Waals surface area contributed by atoms with Gasteiger partial charge in [0, 0.05) is 63.3 Å². The predicted octanol–water partition coefficient (Wildman–Crippen LogP) is 6.97. The first-order valence-electron chi connectivity index (χ1n) is 22.7. The van der Waals surface area contributed by atoms with Crippen molar-refractivity contribution in [3.63, 3.8) is 0 Å². The number of rotatable bonds is 14. The lowest BCUT2D eigenvalue weighted by Crippen LogP contribution is -2.52. The Bertz CT molecular complexity index is 2900. The zero-order valence-corrected chi connectivity index (χ0v) is 39.1. The van der Waals surface area contributed by atoms with E-state index in [1.54, 1.807) is 78.2 Å². The Balaban J connectivity index is 0.815. The van der Waals surface area contributed by atoms with Gasteiger partial charge in [0.2, 0.25) is 5.91 Å². The van der Waals surface area contributed by atoms with Crippen molar-refractivity contribution in [1.82, 2.24) is 24.9 Å². The summed E-state index contributed by atoms with van der Waals surface area (Å²) >= 11 is 0. The second-order valence-electron chi connectivity index (χ2n) is 18.0. The normalized spacial score (nSPS) is 19.6. The molecule has 3 fully saturated rings. The molecule has 16 nitrogen and oxygen atoms in total. The number of urea groups is 1. The van der Waals surface area contributed by atoms with Crippen LogP contribution in [-0.2, 0) is 28.2 Å². The highest BCUT2D eigenvalue weighted by atomic mass is 32.2. The molecule has 68 heavy (non-hydrogen) atoms. The summed E-state index contributed by atoms with van der Waals surface area (Å²) < 4.78 is 76.7. The van der Waals surface area contributed by atoms with E-state index < -0.39 is 51.3 Å². The van der Waals surface area contributed by atoms with Gasteiger partial charge in [0.15, 0.2) is 17.3 Å². The number of nitrogens with zero attached hydrogens (tertiary/aromatic N) is 6. The summed E-state index contributed by atoms with van der Waals surface area (Å²) in [6.45, 7) is 3.64. The van der Waals surface area contributed by atoms with Gasteiger partial charge in [-0.25, -0.2) is 22.0 Å². The summed E-state index contributed by atoms with van der Waals surface area (Å²) in [5.41, 5.74) is 2.87. The fraction of sp³-hybridized carbons (Fsp3) is 0.408. The van der Waals surface area contributed by atoms with Crippen molar-refractivity contribution < 1.29 is 50.6 Å². The van der Waals surface area contributed by atoms with Crippen LogP contribution in [0.15, 0.2) is 78.9 Å². The van der Waals surface area contributed by atoms with Gasteiger partial charge < -0.3 is 19.1 Å². The number of carbonyl (C=O) groups is 4. The van der Waals surface area contributed by atoms with Gasteiger partial charge in [0.05, 0.1) is 54.4 Å². The number of halogens is 2. The lowest BCUT2D eigenvalue weighted by atomic mass is 9.76. The summed E-state index contributed by atoms with van der Waals surface area (Å²) in [6.07, 6.45) is 2.53. The summed E-state index contributed by atoms with van der Waals surface area (Å²) in [5, 5.41) is 7.58. The van der Waals surface area contributed by atoms with Gasteiger partial charge in [0.1, 0.15) is 21.3 Å². The summed E-state index contributed by atoms with van der Waals surface area (Å²) in [5.74, 6) is -3.71. The molecule has 3 saturated heterocycles. The van der Waals surface area contributed by atoms with E-state index in [-0.39, 0.29) is 42.5 Å². The standard InChI is InChI=1S/C49H53F2N7O9S/c1-5-66-42-25-32(11-16-41(42)65-3)40(28-68(4,63)64)58-46(60)36-7-6-8-38(44(36)47(58)61)56-22-17-31(18-23-56)37-19-21-55(29-49(37,50)51)27-30-9-12-33(13-10-30)67-34-14-15-35-39(26-34)54(2)53-45(35)57-24-20-43(59)52-48(57)62/h6-16,25-26,31,37,40H,5,17-24,27-29H2,1-4H3,(H,52,59,62)/t37-,40-/m1/s1. The maximum absolute atomic E-state index is 16.1. The molecule has 0 unspecified atom stereocenters. The number of alkyl halides is 2. The number of aromatic nitrogens is 2. The number of sulfone groups is 1. The molecule has 0 aliphatic carbocycles. The average Bonchev–Trinajstić information content (AvgIpc) is 3.76. The minimum absolute atomic E-state index is 0.164. The number of hydrogen-bond donors (Lipinski definition) is 1. The van der Waals surface area contributed by atoms with E-state index in [4.69, 9.17) is 14.2 Å². The van der Waals surface area contributed by atoms with Gasteiger partial charge in [-0.3, -0.25) is 39.1 Å². The molecule has 358 valence electrons. The minimum Gasteiger partial charge on any atom is -0.493 e. The fourth-order valence-corrected chi connectivity index (χ4v) is 11.1. The highest BCUT2D eigenvalue weighted by Crippen LogP contribution is 2.45. The lowest BCUT2D eigenvalue weighted by Gasteiger charge is -2.45. The van der Waals surface area contributed by atoms with E-state index in [1.165, 1.54) is 12.0 Å².